The van der Waals surface area contributed by atoms with E-state index in [1.165, 1.54) is 4.90 Å². The lowest BCUT2D eigenvalue weighted by molar-refractivity contribution is 0.0930. The first-order chi connectivity index (χ1) is 17.9. The Bertz CT molecular complexity index is 1270. The van der Waals surface area contributed by atoms with Crippen LogP contribution in [0.15, 0.2) is 48.7 Å². The number of aryl methyl sites for hydroxylation is 1. The first-order valence-corrected chi connectivity index (χ1v) is 12.7. The fourth-order valence-corrected chi connectivity index (χ4v) is 4.28. The Balaban J connectivity index is 1.44. The third-order valence-corrected chi connectivity index (χ3v) is 6.73. The molecule has 1 fully saturated rings. The molecule has 0 radical (unpaired) electrons. The summed E-state index contributed by atoms with van der Waals surface area (Å²) in [6.07, 6.45) is 4.88. The molecule has 0 unspecified atom stereocenters. The van der Waals surface area contributed by atoms with Crippen molar-refractivity contribution in [1.29, 1.82) is 0 Å². The van der Waals surface area contributed by atoms with Gasteiger partial charge in [0, 0.05) is 30.3 Å². The fraction of sp³-hybridized carbons (Fsp3) is 0.414. The average molecular weight is 506 g/mol. The van der Waals surface area contributed by atoms with Crippen LogP contribution in [0.4, 0.5) is 4.79 Å². The number of benzene rings is 2. The highest BCUT2D eigenvalue weighted by atomic mass is 16.6. The number of hydrogen-bond donors (Lipinski definition) is 1. The topological polar surface area (TPSA) is 90.0 Å². The molecule has 1 N–H and O–H groups in total. The maximum Gasteiger partial charge on any atom is 0.409 e. The molecule has 0 spiro atoms. The standard InChI is InChI=1S/C29H35N3O5/c1-5-6-15-37-28(34)32(3)14-16-36-21-10-9-20(2)24(17-21)27(33)31-29(11-12-29)25-18-22(35-4)19-26-23(25)8-7-13-30-26/h7-10,13,17-19H,5-6,11-12,14-16H2,1-4H3,(H,31,33). The van der Waals surface area contributed by atoms with E-state index in [2.05, 4.69) is 10.3 Å². The van der Waals surface area contributed by atoms with Crippen LogP contribution in [-0.2, 0) is 10.3 Å². The van der Waals surface area contributed by atoms with Crippen LogP contribution in [0.25, 0.3) is 10.9 Å². The van der Waals surface area contributed by atoms with Crippen molar-refractivity contribution in [3.63, 3.8) is 0 Å². The van der Waals surface area contributed by atoms with Crippen LogP contribution in [-0.4, -0.2) is 55.8 Å². The van der Waals surface area contributed by atoms with Crippen LogP contribution in [0, 0.1) is 6.92 Å². The first kappa shape index (κ1) is 26.3. The molecule has 2 amide bonds. The Morgan fingerprint density at radius 1 is 1.11 bits per heavy atom. The number of methoxy groups -OCH3 is 1. The van der Waals surface area contributed by atoms with Gasteiger partial charge in [-0.15, -0.1) is 0 Å². The van der Waals surface area contributed by atoms with Gasteiger partial charge in [0.2, 0.25) is 0 Å². The molecule has 0 aliphatic heterocycles. The summed E-state index contributed by atoms with van der Waals surface area (Å²) in [7, 11) is 3.31. The van der Waals surface area contributed by atoms with E-state index >= 15 is 0 Å². The van der Waals surface area contributed by atoms with Gasteiger partial charge in [0.25, 0.3) is 5.91 Å². The van der Waals surface area contributed by atoms with Gasteiger partial charge < -0.3 is 24.4 Å². The van der Waals surface area contributed by atoms with Gasteiger partial charge in [-0.3, -0.25) is 9.78 Å². The molecule has 196 valence electrons. The van der Waals surface area contributed by atoms with Crippen LogP contribution in [0.5, 0.6) is 11.5 Å². The Morgan fingerprint density at radius 3 is 2.65 bits per heavy atom. The number of nitrogens with one attached hydrogen (secondary N) is 1. The van der Waals surface area contributed by atoms with E-state index in [9.17, 15) is 9.59 Å². The van der Waals surface area contributed by atoms with E-state index in [-0.39, 0.29) is 18.6 Å². The number of fused-ring (bicyclic) bond motifs is 1. The lowest BCUT2D eigenvalue weighted by Gasteiger charge is -2.22. The maximum atomic E-state index is 13.5. The van der Waals surface area contributed by atoms with Crippen molar-refractivity contribution in [2.75, 3.05) is 33.9 Å². The van der Waals surface area contributed by atoms with Crippen LogP contribution in [0.1, 0.15) is 54.1 Å². The van der Waals surface area contributed by atoms with Crippen molar-refractivity contribution < 1.29 is 23.8 Å². The highest BCUT2D eigenvalue weighted by molar-refractivity contribution is 5.97. The van der Waals surface area contributed by atoms with Crippen LogP contribution >= 0.6 is 0 Å². The highest BCUT2D eigenvalue weighted by Gasteiger charge is 2.47. The Labute approximate surface area is 217 Å². The van der Waals surface area contributed by atoms with Gasteiger partial charge in [0.1, 0.15) is 18.1 Å². The van der Waals surface area contributed by atoms with Gasteiger partial charge in [-0.25, -0.2) is 4.79 Å². The molecule has 0 saturated heterocycles. The zero-order valence-electron chi connectivity index (χ0n) is 22.0. The van der Waals surface area contributed by atoms with Crippen LogP contribution in [0.3, 0.4) is 0 Å². The molecule has 8 nitrogen and oxygen atoms in total. The van der Waals surface area contributed by atoms with Gasteiger partial charge in [0.05, 0.1) is 31.3 Å². The highest BCUT2D eigenvalue weighted by Crippen LogP contribution is 2.49. The third-order valence-electron chi connectivity index (χ3n) is 6.73. The number of ether oxygens (including phenoxy) is 3. The number of aromatic nitrogens is 1. The summed E-state index contributed by atoms with van der Waals surface area (Å²) < 4.78 is 16.6. The van der Waals surface area contributed by atoms with E-state index in [4.69, 9.17) is 14.2 Å². The van der Waals surface area contributed by atoms with Crippen LogP contribution < -0.4 is 14.8 Å². The lowest BCUT2D eigenvalue weighted by Crippen LogP contribution is -2.35. The van der Waals surface area contributed by atoms with Crippen molar-refractivity contribution in [3.05, 3.63) is 65.4 Å². The molecule has 1 aromatic heterocycles. The largest absolute Gasteiger partial charge is 0.497 e. The summed E-state index contributed by atoms with van der Waals surface area (Å²) in [5.41, 5.74) is 2.80. The molecule has 3 aromatic rings. The van der Waals surface area contributed by atoms with Gasteiger partial charge >= 0.3 is 6.09 Å². The van der Waals surface area contributed by atoms with E-state index in [0.717, 1.165) is 47.7 Å². The second kappa shape index (κ2) is 11.5. The SMILES string of the molecule is CCCCOC(=O)N(C)CCOc1ccc(C)c(C(=O)NC2(c3cc(OC)cc4ncccc34)CC2)c1. The summed E-state index contributed by atoms with van der Waals surface area (Å²) >= 11 is 0. The van der Waals surface area contributed by atoms with E-state index in [1.54, 1.807) is 26.4 Å². The monoisotopic (exact) mass is 505 g/mol. The maximum absolute atomic E-state index is 13.5. The lowest BCUT2D eigenvalue weighted by atomic mass is 9.97. The molecule has 37 heavy (non-hydrogen) atoms. The summed E-state index contributed by atoms with van der Waals surface area (Å²) in [4.78, 5) is 31.4. The quantitative estimate of drug-likeness (QED) is 0.360. The fourth-order valence-electron chi connectivity index (χ4n) is 4.28. The summed E-state index contributed by atoms with van der Waals surface area (Å²) in [5.74, 6) is 1.13. The number of unbranched alkanes of at least 4 members (excludes halogenated alkanes) is 1. The zero-order valence-corrected chi connectivity index (χ0v) is 22.0. The number of carbonyl (C=O) groups excluding carboxylic acids is 2. The van der Waals surface area contributed by atoms with Crippen molar-refractivity contribution >= 4 is 22.9 Å². The van der Waals surface area contributed by atoms with E-state index in [1.807, 2.05) is 50.2 Å². The molecule has 8 heteroatoms. The van der Waals surface area contributed by atoms with Gasteiger partial charge in [-0.1, -0.05) is 25.5 Å². The van der Waals surface area contributed by atoms with Gasteiger partial charge in [-0.2, -0.15) is 0 Å². The molecule has 1 aliphatic carbocycles. The van der Waals surface area contributed by atoms with E-state index < -0.39 is 5.54 Å². The summed E-state index contributed by atoms with van der Waals surface area (Å²) in [6, 6.07) is 13.3. The third kappa shape index (κ3) is 6.13. The first-order valence-electron chi connectivity index (χ1n) is 12.7. The van der Waals surface area contributed by atoms with Crippen molar-refractivity contribution in [1.82, 2.24) is 15.2 Å². The second-order valence-electron chi connectivity index (χ2n) is 9.50. The molecule has 4 rings (SSSR count). The molecular weight excluding hydrogens is 470 g/mol. The summed E-state index contributed by atoms with van der Waals surface area (Å²) in [5, 5.41) is 4.28. The van der Waals surface area contributed by atoms with Gasteiger partial charge in [-0.05, 0) is 61.6 Å². The normalized spacial score (nSPS) is 13.6. The second-order valence-corrected chi connectivity index (χ2v) is 9.50. The molecule has 1 aliphatic rings. The number of nitrogens with zero attached hydrogens (tertiary/aromatic N) is 2. The molecule has 1 saturated carbocycles. The number of pyridine rings is 1. The Morgan fingerprint density at radius 2 is 1.92 bits per heavy atom. The number of hydrogen-bond acceptors (Lipinski definition) is 6. The van der Waals surface area contributed by atoms with E-state index in [0.29, 0.717) is 30.2 Å². The van der Waals surface area contributed by atoms with Crippen LogP contribution in [0.2, 0.25) is 0 Å². The zero-order chi connectivity index (χ0) is 26.4. The minimum Gasteiger partial charge on any atom is -0.497 e. The number of rotatable bonds is 11. The average Bonchev–Trinajstić information content (AvgIpc) is 3.69. The van der Waals surface area contributed by atoms with Crippen molar-refractivity contribution in [2.24, 2.45) is 0 Å². The smallest absolute Gasteiger partial charge is 0.409 e. The molecule has 0 atom stereocenters. The van der Waals surface area contributed by atoms with Crippen molar-refractivity contribution in [3.8, 4) is 11.5 Å². The minimum atomic E-state index is -0.461. The predicted molar refractivity (Wildman–Crippen MR) is 142 cm³/mol. The van der Waals surface area contributed by atoms with Crippen molar-refractivity contribution in [2.45, 2.75) is 45.1 Å². The molecule has 0 bridgehead atoms. The molecule has 2 aromatic carbocycles. The van der Waals surface area contributed by atoms with Gasteiger partial charge in [0.15, 0.2) is 0 Å². The summed E-state index contributed by atoms with van der Waals surface area (Å²) in [6.45, 7) is 5.03. The Kier molecular flexibility index (Phi) is 8.16. The Hall–Kier alpha value is -3.81. The number of carbonyl (C=O) groups is 2. The molecular formula is C29H35N3O5. The minimum absolute atomic E-state index is 0.156. The number of amides is 2. The number of likely N-dealkylation sites (N-methyl/N-ethyl adjacent to an activating group) is 1. The molecule has 1 heterocycles. The predicted octanol–water partition coefficient (Wildman–Crippen LogP) is 5.22.